The maximum Gasteiger partial charge on any atom is 0.101 e. The van der Waals surface area contributed by atoms with E-state index in [1.54, 1.807) is 0 Å². The van der Waals surface area contributed by atoms with Gasteiger partial charge in [0.2, 0.25) is 0 Å². The molecular weight excluding hydrogens is 548 g/mol. The van der Waals surface area contributed by atoms with Crippen LogP contribution in [0.4, 0.5) is 11.4 Å². The molecule has 2 heterocycles. The first kappa shape index (κ1) is 26.3. The highest BCUT2D eigenvalue weighted by molar-refractivity contribution is 6.14. The topological polar surface area (TPSA) is 55.8 Å². The summed E-state index contributed by atoms with van der Waals surface area (Å²) in [5, 5.41) is 28.0. The van der Waals surface area contributed by atoms with Gasteiger partial charge in [0.25, 0.3) is 0 Å². The Labute approximate surface area is 260 Å². The van der Waals surface area contributed by atoms with Crippen molar-refractivity contribution >= 4 is 60.3 Å². The van der Waals surface area contributed by atoms with Crippen molar-refractivity contribution in [2.45, 2.75) is 0 Å². The van der Waals surface area contributed by atoms with E-state index in [4.69, 9.17) is 0 Å². The molecule has 0 radical (unpaired) electrons. The van der Waals surface area contributed by atoms with Gasteiger partial charge < -0.3 is 9.47 Å². The van der Waals surface area contributed by atoms with Crippen LogP contribution in [0.2, 0.25) is 0 Å². The van der Waals surface area contributed by atoms with Crippen molar-refractivity contribution < 1.29 is 0 Å². The van der Waals surface area contributed by atoms with Crippen LogP contribution in [0.5, 0.6) is 0 Å². The lowest BCUT2D eigenvalue weighted by molar-refractivity contribution is 1.08. The Balaban J connectivity index is 1.40. The van der Waals surface area contributed by atoms with Crippen LogP contribution < -0.4 is 4.90 Å². The summed E-state index contributed by atoms with van der Waals surface area (Å²) in [6, 6.07) is 42.2. The fraction of sp³-hybridized carbons (Fsp3) is 0.0244. The van der Waals surface area contributed by atoms with Gasteiger partial charge in [-0.15, -0.1) is 0 Å². The number of aromatic nitrogens is 1. The molecular formula is C41H26N4. The second-order valence-electron chi connectivity index (χ2n) is 11.3. The monoisotopic (exact) mass is 574 g/mol. The SMILES string of the molecule is C=C1/C=C\C=C/CN(c2cc(C#N)c(-n3c4ccccc4c4cc5ccccc5cc43)c(C#N)c2)c2cc3ccccc3cc21. The first-order chi connectivity index (χ1) is 22.1. The summed E-state index contributed by atoms with van der Waals surface area (Å²) in [5.41, 5.74) is 7.01. The Hall–Kier alpha value is -6.36. The van der Waals surface area contributed by atoms with E-state index in [0.717, 1.165) is 65.9 Å². The zero-order chi connectivity index (χ0) is 30.5. The number of hydrogen-bond acceptors (Lipinski definition) is 3. The van der Waals surface area contributed by atoms with E-state index in [1.165, 1.54) is 0 Å². The van der Waals surface area contributed by atoms with Crippen molar-refractivity contribution in [2.24, 2.45) is 0 Å². The van der Waals surface area contributed by atoms with Crippen LogP contribution in [0.1, 0.15) is 16.7 Å². The molecule has 210 valence electrons. The third-order valence-corrected chi connectivity index (χ3v) is 8.74. The Morgan fingerprint density at radius 3 is 1.96 bits per heavy atom. The number of allylic oxidation sites excluding steroid dienone is 4. The Morgan fingerprint density at radius 2 is 1.24 bits per heavy atom. The number of fused-ring (bicyclic) bond motifs is 6. The Kier molecular flexibility index (Phi) is 6.09. The molecule has 4 nitrogen and oxygen atoms in total. The van der Waals surface area contributed by atoms with Crippen LogP contribution in [0, 0.1) is 22.7 Å². The molecule has 0 bridgehead atoms. The van der Waals surface area contributed by atoms with Gasteiger partial charge in [-0.05, 0) is 69.6 Å². The number of rotatable bonds is 2. The van der Waals surface area contributed by atoms with Crippen LogP contribution in [-0.2, 0) is 0 Å². The van der Waals surface area contributed by atoms with Gasteiger partial charge in [-0.1, -0.05) is 97.6 Å². The quantitative estimate of drug-likeness (QED) is 0.206. The molecule has 1 aliphatic rings. The first-order valence-electron chi connectivity index (χ1n) is 14.9. The van der Waals surface area contributed by atoms with E-state index >= 15 is 0 Å². The Morgan fingerprint density at radius 1 is 0.622 bits per heavy atom. The van der Waals surface area contributed by atoms with Crippen molar-refractivity contribution in [1.29, 1.82) is 10.5 Å². The normalized spacial score (nSPS) is 14.4. The van der Waals surface area contributed by atoms with E-state index in [-0.39, 0.29) is 0 Å². The maximum absolute atomic E-state index is 10.7. The Bertz CT molecular complexity index is 2480. The lowest BCUT2D eigenvalue weighted by Gasteiger charge is -2.28. The molecule has 7 aromatic rings. The minimum Gasteiger partial charge on any atom is -0.337 e. The van der Waals surface area contributed by atoms with Crippen LogP contribution in [-0.4, -0.2) is 11.1 Å². The molecule has 0 spiro atoms. The summed E-state index contributed by atoms with van der Waals surface area (Å²) < 4.78 is 2.09. The summed E-state index contributed by atoms with van der Waals surface area (Å²) in [5.74, 6) is 0. The van der Waals surface area contributed by atoms with Crippen molar-refractivity contribution in [3.8, 4) is 17.8 Å². The number of nitriles is 2. The molecule has 0 saturated carbocycles. The van der Waals surface area contributed by atoms with Gasteiger partial charge >= 0.3 is 0 Å². The molecule has 0 atom stereocenters. The summed E-state index contributed by atoms with van der Waals surface area (Å²) in [7, 11) is 0. The number of nitrogens with zero attached hydrogens (tertiary/aromatic N) is 4. The highest BCUT2D eigenvalue weighted by atomic mass is 15.1. The highest BCUT2D eigenvalue weighted by Gasteiger charge is 2.23. The lowest BCUT2D eigenvalue weighted by Crippen LogP contribution is -2.19. The number of hydrogen-bond donors (Lipinski definition) is 0. The molecule has 8 rings (SSSR count). The third-order valence-electron chi connectivity index (χ3n) is 8.74. The number of para-hydroxylation sites is 1. The van der Waals surface area contributed by atoms with Gasteiger partial charge in [-0.2, -0.15) is 10.5 Å². The van der Waals surface area contributed by atoms with E-state index in [9.17, 15) is 10.5 Å². The van der Waals surface area contributed by atoms with Crippen molar-refractivity contribution in [3.63, 3.8) is 0 Å². The van der Waals surface area contributed by atoms with Crippen LogP contribution >= 0.6 is 0 Å². The molecule has 0 saturated heterocycles. The summed E-state index contributed by atoms with van der Waals surface area (Å²) in [4.78, 5) is 2.17. The van der Waals surface area contributed by atoms with E-state index < -0.39 is 0 Å². The number of benzene rings is 6. The van der Waals surface area contributed by atoms with Crippen molar-refractivity contribution in [3.05, 3.63) is 157 Å². The molecule has 4 heteroatoms. The molecule has 6 aromatic carbocycles. The minimum absolute atomic E-state index is 0.433. The van der Waals surface area contributed by atoms with Gasteiger partial charge in [0.05, 0.1) is 27.8 Å². The molecule has 0 amide bonds. The average Bonchev–Trinajstić information content (AvgIpc) is 3.43. The van der Waals surface area contributed by atoms with Crippen LogP contribution in [0.15, 0.2) is 140 Å². The van der Waals surface area contributed by atoms with E-state index in [2.05, 4.69) is 94.9 Å². The van der Waals surface area contributed by atoms with E-state index in [0.29, 0.717) is 23.4 Å². The van der Waals surface area contributed by atoms with Crippen molar-refractivity contribution in [2.75, 3.05) is 11.4 Å². The molecule has 0 fully saturated rings. The van der Waals surface area contributed by atoms with Gasteiger partial charge in [0.1, 0.15) is 12.1 Å². The van der Waals surface area contributed by atoms with Gasteiger partial charge in [-0.25, -0.2) is 0 Å². The predicted molar refractivity (Wildman–Crippen MR) is 186 cm³/mol. The molecule has 0 aliphatic carbocycles. The molecule has 1 aliphatic heterocycles. The molecule has 45 heavy (non-hydrogen) atoms. The molecule has 0 N–H and O–H groups in total. The predicted octanol–water partition coefficient (Wildman–Crippen LogP) is 10.1. The fourth-order valence-electron chi connectivity index (χ4n) is 6.64. The van der Waals surface area contributed by atoms with Gasteiger partial charge in [-0.3, -0.25) is 0 Å². The van der Waals surface area contributed by atoms with Gasteiger partial charge in [0.15, 0.2) is 0 Å². The summed E-state index contributed by atoms with van der Waals surface area (Å²) in [6.07, 6.45) is 8.11. The van der Waals surface area contributed by atoms with Gasteiger partial charge in [0, 0.05) is 34.3 Å². The van der Waals surface area contributed by atoms with Crippen LogP contribution in [0.3, 0.4) is 0 Å². The zero-order valence-electron chi connectivity index (χ0n) is 24.4. The van der Waals surface area contributed by atoms with E-state index in [1.807, 2.05) is 66.8 Å². The second kappa shape index (κ2) is 10.4. The van der Waals surface area contributed by atoms with Crippen LogP contribution in [0.25, 0.3) is 54.6 Å². The largest absolute Gasteiger partial charge is 0.337 e. The first-order valence-corrected chi connectivity index (χ1v) is 14.9. The minimum atomic E-state index is 0.433. The molecule has 0 unspecified atom stereocenters. The van der Waals surface area contributed by atoms with Crippen molar-refractivity contribution in [1.82, 2.24) is 4.57 Å². The third kappa shape index (κ3) is 4.20. The zero-order valence-corrected chi connectivity index (χ0v) is 24.4. The number of anilines is 2. The standard InChI is InChI=1S/C41H26N4/c1-27-11-3-2-10-18-44(39-23-30-14-6-4-12-28(30)21-36(27)39)34-19-32(25-42)41(33(20-34)26-43)45-38-17-9-8-16-35(38)37-22-29-13-5-7-15-31(29)24-40(37)45/h2-17,19-24H,1,18H2/b10-2-,11-3-. The smallest absolute Gasteiger partial charge is 0.101 e. The lowest BCUT2D eigenvalue weighted by atomic mass is 9.98. The average molecular weight is 575 g/mol. The summed E-state index contributed by atoms with van der Waals surface area (Å²) in [6.45, 7) is 4.93. The second-order valence-corrected chi connectivity index (χ2v) is 11.3. The highest BCUT2D eigenvalue weighted by Crippen LogP contribution is 2.41. The summed E-state index contributed by atoms with van der Waals surface area (Å²) >= 11 is 0. The maximum atomic E-state index is 10.7. The fourth-order valence-corrected chi connectivity index (χ4v) is 6.64. The molecule has 1 aromatic heterocycles.